The molecule has 1 unspecified atom stereocenters. The molecule has 6 nitrogen and oxygen atoms in total. The van der Waals surface area contributed by atoms with E-state index in [9.17, 15) is 0 Å². The molecule has 3 fully saturated rings. The largest absolute Gasteiger partial charge is 0.493 e. The first-order chi connectivity index (χ1) is 13.7. The van der Waals surface area contributed by atoms with E-state index < -0.39 is 0 Å². The molecule has 2 heterocycles. The Morgan fingerprint density at radius 1 is 1.07 bits per heavy atom. The highest BCUT2D eigenvalue weighted by Gasteiger charge is 2.46. The minimum absolute atomic E-state index is 0.297. The monoisotopic (exact) mass is 391 g/mol. The van der Waals surface area contributed by atoms with Gasteiger partial charge in [0.25, 0.3) is 0 Å². The molecule has 1 saturated carbocycles. The van der Waals surface area contributed by atoms with Crippen molar-refractivity contribution in [2.75, 3.05) is 47.1 Å². The van der Waals surface area contributed by atoms with Crippen LogP contribution in [0.4, 0.5) is 0 Å². The SMILES string of the molecule is COc1ccc(CCO[C@H]2CCCCC2N2CCC3(C2)OCCO3)cc1OC. The van der Waals surface area contributed by atoms with E-state index in [0.717, 1.165) is 63.7 Å². The zero-order valence-electron chi connectivity index (χ0n) is 17.2. The Kier molecular flexibility index (Phi) is 6.41. The fourth-order valence-electron chi connectivity index (χ4n) is 4.85. The third-order valence-electron chi connectivity index (χ3n) is 6.34. The van der Waals surface area contributed by atoms with Gasteiger partial charge in [-0.2, -0.15) is 0 Å². The molecular weight excluding hydrogens is 358 g/mol. The van der Waals surface area contributed by atoms with Gasteiger partial charge >= 0.3 is 0 Å². The molecule has 2 aliphatic heterocycles. The smallest absolute Gasteiger partial charge is 0.182 e. The maximum Gasteiger partial charge on any atom is 0.182 e. The molecule has 1 aromatic carbocycles. The molecule has 1 spiro atoms. The van der Waals surface area contributed by atoms with Crippen LogP contribution in [0.25, 0.3) is 0 Å². The van der Waals surface area contributed by atoms with E-state index in [1.165, 1.54) is 24.8 Å². The van der Waals surface area contributed by atoms with Crippen LogP contribution in [0.2, 0.25) is 0 Å². The first kappa shape index (κ1) is 20.0. The summed E-state index contributed by atoms with van der Waals surface area (Å²) in [6.45, 7) is 4.10. The molecule has 4 rings (SSSR count). The average molecular weight is 392 g/mol. The zero-order chi connectivity index (χ0) is 19.4. The first-order valence-electron chi connectivity index (χ1n) is 10.6. The molecule has 0 bridgehead atoms. The minimum atomic E-state index is -0.346. The van der Waals surface area contributed by atoms with Crippen molar-refractivity contribution in [3.63, 3.8) is 0 Å². The lowest BCUT2D eigenvalue weighted by Gasteiger charge is -2.38. The lowest BCUT2D eigenvalue weighted by molar-refractivity contribution is -0.149. The fraction of sp³-hybridized carbons (Fsp3) is 0.727. The molecule has 0 aromatic heterocycles. The molecule has 28 heavy (non-hydrogen) atoms. The van der Waals surface area contributed by atoms with Crippen LogP contribution in [0.1, 0.15) is 37.7 Å². The van der Waals surface area contributed by atoms with E-state index in [4.69, 9.17) is 23.7 Å². The van der Waals surface area contributed by atoms with Gasteiger partial charge in [-0.3, -0.25) is 4.90 Å². The highest BCUT2D eigenvalue weighted by Crippen LogP contribution is 2.35. The average Bonchev–Trinajstić information content (AvgIpc) is 3.38. The molecule has 1 aromatic rings. The lowest BCUT2D eigenvalue weighted by atomic mass is 9.91. The number of hydrogen-bond acceptors (Lipinski definition) is 6. The summed E-state index contributed by atoms with van der Waals surface area (Å²) in [4.78, 5) is 2.55. The molecule has 3 aliphatic rings. The maximum absolute atomic E-state index is 6.40. The van der Waals surface area contributed by atoms with Crippen LogP contribution in [0.15, 0.2) is 18.2 Å². The lowest BCUT2D eigenvalue weighted by Crippen LogP contribution is -2.47. The summed E-state index contributed by atoms with van der Waals surface area (Å²) in [5.41, 5.74) is 1.21. The van der Waals surface area contributed by atoms with Crippen LogP contribution in [0.3, 0.4) is 0 Å². The van der Waals surface area contributed by atoms with Crippen LogP contribution in [-0.4, -0.2) is 70.0 Å². The number of ether oxygens (including phenoxy) is 5. The summed E-state index contributed by atoms with van der Waals surface area (Å²) in [6.07, 6.45) is 7.03. The van der Waals surface area contributed by atoms with E-state index in [1.54, 1.807) is 14.2 Å². The topological polar surface area (TPSA) is 49.4 Å². The number of likely N-dealkylation sites (tertiary alicyclic amines) is 1. The zero-order valence-corrected chi connectivity index (χ0v) is 17.2. The number of nitrogens with zero attached hydrogens (tertiary/aromatic N) is 1. The van der Waals surface area contributed by atoms with Gasteiger partial charge in [0.15, 0.2) is 17.3 Å². The molecular formula is C22H33NO5. The number of benzene rings is 1. The number of rotatable bonds is 7. The second-order valence-electron chi connectivity index (χ2n) is 8.03. The Balaban J connectivity index is 1.32. The van der Waals surface area contributed by atoms with Gasteiger partial charge in [0.2, 0.25) is 0 Å². The normalized spacial score (nSPS) is 27.4. The summed E-state index contributed by atoms with van der Waals surface area (Å²) in [7, 11) is 3.33. The Morgan fingerprint density at radius 3 is 2.64 bits per heavy atom. The van der Waals surface area contributed by atoms with E-state index in [-0.39, 0.29) is 5.79 Å². The van der Waals surface area contributed by atoms with Gasteiger partial charge in [-0.1, -0.05) is 18.9 Å². The van der Waals surface area contributed by atoms with Crippen LogP contribution >= 0.6 is 0 Å². The van der Waals surface area contributed by atoms with E-state index in [2.05, 4.69) is 11.0 Å². The molecule has 0 N–H and O–H groups in total. The molecule has 0 radical (unpaired) electrons. The van der Waals surface area contributed by atoms with Crippen molar-refractivity contribution < 1.29 is 23.7 Å². The number of methoxy groups -OCH3 is 2. The van der Waals surface area contributed by atoms with E-state index >= 15 is 0 Å². The van der Waals surface area contributed by atoms with Crippen molar-refractivity contribution in [2.45, 2.75) is 56.5 Å². The predicted molar refractivity (Wildman–Crippen MR) is 106 cm³/mol. The van der Waals surface area contributed by atoms with Crippen molar-refractivity contribution in [2.24, 2.45) is 0 Å². The van der Waals surface area contributed by atoms with Gasteiger partial charge < -0.3 is 23.7 Å². The Morgan fingerprint density at radius 2 is 1.86 bits per heavy atom. The predicted octanol–water partition coefficient (Wildman–Crippen LogP) is 3.02. The molecule has 1 aliphatic carbocycles. The number of hydrogen-bond donors (Lipinski definition) is 0. The van der Waals surface area contributed by atoms with Crippen LogP contribution in [0, 0.1) is 0 Å². The van der Waals surface area contributed by atoms with Crippen molar-refractivity contribution in [3.05, 3.63) is 23.8 Å². The van der Waals surface area contributed by atoms with Gasteiger partial charge in [-0.05, 0) is 37.0 Å². The molecule has 2 saturated heterocycles. The maximum atomic E-state index is 6.40. The summed E-state index contributed by atoms with van der Waals surface area (Å²) in [5, 5.41) is 0. The van der Waals surface area contributed by atoms with Crippen LogP contribution in [0.5, 0.6) is 11.5 Å². The highest BCUT2D eigenvalue weighted by molar-refractivity contribution is 5.42. The third kappa shape index (κ3) is 4.30. The molecule has 2 atom stereocenters. The first-order valence-corrected chi connectivity index (χ1v) is 10.6. The van der Waals surface area contributed by atoms with Gasteiger partial charge in [0.1, 0.15) is 0 Å². The Bertz CT molecular complexity index is 646. The third-order valence-corrected chi connectivity index (χ3v) is 6.34. The Labute approximate surface area is 168 Å². The summed E-state index contributed by atoms with van der Waals surface area (Å²) >= 11 is 0. The van der Waals surface area contributed by atoms with Crippen molar-refractivity contribution in [1.29, 1.82) is 0 Å². The second-order valence-corrected chi connectivity index (χ2v) is 8.03. The van der Waals surface area contributed by atoms with Crippen molar-refractivity contribution >= 4 is 0 Å². The van der Waals surface area contributed by atoms with Gasteiger partial charge in [-0.25, -0.2) is 0 Å². The fourth-order valence-corrected chi connectivity index (χ4v) is 4.85. The quantitative estimate of drug-likeness (QED) is 0.712. The van der Waals surface area contributed by atoms with Crippen LogP contribution in [-0.2, 0) is 20.6 Å². The minimum Gasteiger partial charge on any atom is -0.493 e. The van der Waals surface area contributed by atoms with Crippen molar-refractivity contribution in [1.82, 2.24) is 4.90 Å². The van der Waals surface area contributed by atoms with E-state index in [0.29, 0.717) is 12.1 Å². The van der Waals surface area contributed by atoms with Gasteiger partial charge in [0.05, 0.1) is 46.7 Å². The van der Waals surface area contributed by atoms with Crippen molar-refractivity contribution in [3.8, 4) is 11.5 Å². The van der Waals surface area contributed by atoms with Gasteiger partial charge in [0, 0.05) is 19.0 Å². The summed E-state index contributed by atoms with van der Waals surface area (Å²) in [6, 6.07) is 6.57. The highest BCUT2D eigenvalue weighted by atomic mass is 16.7. The second kappa shape index (κ2) is 8.99. The van der Waals surface area contributed by atoms with E-state index in [1.807, 2.05) is 12.1 Å². The summed E-state index contributed by atoms with van der Waals surface area (Å²) < 4.78 is 28.9. The molecule has 6 heteroatoms. The van der Waals surface area contributed by atoms with Crippen LogP contribution < -0.4 is 9.47 Å². The molecule has 0 amide bonds. The molecule has 156 valence electrons. The standard InChI is InChI=1S/C22H33NO5/c1-24-20-8-7-17(15-21(20)25-2)9-12-26-19-6-4-3-5-18(19)23-11-10-22(16-23)27-13-14-28-22/h7-8,15,18-19H,3-6,9-14,16H2,1-2H3/t18?,19-/m0/s1. The Hall–Kier alpha value is -1.34. The van der Waals surface area contributed by atoms with Gasteiger partial charge in [-0.15, -0.1) is 0 Å². The summed E-state index contributed by atoms with van der Waals surface area (Å²) in [5.74, 6) is 1.19.